The van der Waals surface area contributed by atoms with Crippen molar-refractivity contribution in [2.75, 3.05) is 19.6 Å². The first-order valence-corrected chi connectivity index (χ1v) is 15.5. The molecular formula is C28H51N11O7. The summed E-state index contributed by atoms with van der Waals surface area (Å²) in [6, 6.07) is -5.77. The van der Waals surface area contributed by atoms with E-state index in [1.165, 1.54) is 13.8 Å². The minimum Gasteiger partial charge on any atom is -0.370 e. The van der Waals surface area contributed by atoms with Gasteiger partial charge in [-0.3, -0.25) is 33.8 Å². The van der Waals surface area contributed by atoms with Crippen molar-refractivity contribution in [3.63, 3.8) is 0 Å². The molecule has 0 aromatic heterocycles. The van der Waals surface area contributed by atoms with Gasteiger partial charge in [0.2, 0.25) is 35.4 Å². The maximum absolute atomic E-state index is 13.5. The molecular weight excluding hydrogens is 602 g/mol. The summed E-state index contributed by atoms with van der Waals surface area (Å²) in [5.41, 5.74) is 21.7. The molecule has 260 valence electrons. The topological polar surface area (TPSA) is 308 Å². The van der Waals surface area contributed by atoms with Crippen LogP contribution in [-0.4, -0.2) is 104 Å². The summed E-state index contributed by atoms with van der Waals surface area (Å²) >= 11 is 0. The number of carbonyl (C=O) groups excluding carboxylic acids is 7. The highest BCUT2D eigenvalue weighted by Crippen LogP contribution is 2.09. The van der Waals surface area contributed by atoms with Gasteiger partial charge in [0.15, 0.2) is 5.96 Å². The lowest BCUT2D eigenvalue weighted by Gasteiger charge is -2.26. The molecule has 14 N–H and O–H groups in total. The van der Waals surface area contributed by atoms with E-state index in [1.54, 1.807) is 0 Å². The molecule has 0 bridgehead atoms. The second kappa shape index (κ2) is 21.4. The average Bonchev–Trinajstić information content (AvgIpc) is 3.55. The first-order chi connectivity index (χ1) is 21.8. The van der Waals surface area contributed by atoms with Crippen LogP contribution in [0.25, 0.3) is 0 Å². The number of nitrogens with zero attached hydrogens (tertiary/aromatic N) is 1. The minimum atomic E-state index is -1.30. The monoisotopic (exact) mass is 653 g/mol. The third-order valence-corrected chi connectivity index (χ3v) is 7.17. The number of guanidine groups is 1. The second-order valence-electron chi connectivity index (χ2n) is 11.2. The summed E-state index contributed by atoms with van der Waals surface area (Å²) in [4.78, 5) is 91.6. The summed E-state index contributed by atoms with van der Waals surface area (Å²) in [5, 5.41) is 15.9. The predicted molar refractivity (Wildman–Crippen MR) is 169 cm³/mol. The lowest BCUT2D eigenvalue weighted by atomic mass is 10.0. The fraction of sp³-hybridized carbons (Fsp3) is 0.714. The lowest BCUT2D eigenvalue weighted by molar-refractivity contribution is -0.135. The molecule has 1 aliphatic heterocycles. The molecule has 1 fully saturated rings. The van der Waals surface area contributed by atoms with Crippen LogP contribution in [0.4, 0.5) is 0 Å². The summed E-state index contributed by atoms with van der Waals surface area (Å²) < 4.78 is 0. The number of hydrogen-bond donors (Lipinski definition) is 10. The third kappa shape index (κ3) is 15.6. The standard InChI is InChI=1S/C28H51N11O7/c1-16(15-40)35-23(42)17(2)36-25(44)21(10-11-22(30)41)39-26(45)19(7-3-4-12-29)38-27(46)20(9-6-14-34-28(31)32)37-24(43)18-8-5-13-33-18/h15-21,33H,3-14,29H2,1-2H3,(H2,30,41)(H,35,42)(H,36,44)(H,37,43)(H,38,46)(H,39,45)(H4,31,32,34)/t16-,17-,18-,19-,20-,21-/m0/s1. The van der Waals surface area contributed by atoms with E-state index in [1.807, 2.05) is 0 Å². The Morgan fingerprint density at radius 2 is 1.39 bits per heavy atom. The molecule has 1 aliphatic rings. The highest BCUT2D eigenvalue weighted by Gasteiger charge is 2.32. The van der Waals surface area contributed by atoms with Gasteiger partial charge in [-0.1, -0.05) is 0 Å². The van der Waals surface area contributed by atoms with Crippen LogP contribution in [0.1, 0.15) is 71.6 Å². The Morgan fingerprint density at radius 1 is 0.804 bits per heavy atom. The van der Waals surface area contributed by atoms with Crippen molar-refractivity contribution >= 4 is 47.7 Å². The number of nitrogens with two attached hydrogens (primary N) is 4. The largest absolute Gasteiger partial charge is 0.370 e. The van der Waals surface area contributed by atoms with E-state index in [2.05, 4.69) is 36.9 Å². The van der Waals surface area contributed by atoms with Gasteiger partial charge in [-0.2, -0.15) is 0 Å². The molecule has 0 aromatic rings. The molecule has 6 amide bonds. The van der Waals surface area contributed by atoms with Crippen LogP contribution >= 0.6 is 0 Å². The summed E-state index contributed by atoms with van der Waals surface area (Å²) in [5.74, 6) is -3.97. The van der Waals surface area contributed by atoms with Crippen molar-refractivity contribution in [2.24, 2.45) is 27.9 Å². The van der Waals surface area contributed by atoms with Crippen LogP contribution in [0, 0.1) is 0 Å². The molecule has 0 unspecified atom stereocenters. The highest BCUT2D eigenvalue weighted by molar-refractivity contribution is 5.96. The average molecular weight is 654 g/mol. The number of nitrogens with one attached hydrogen (secondary N) is 6. The van der Waals surface area contributed by atoms with Crippen molar-refractivity contribution in [3.8, 4) is 0 Å². The van der Waals surface area contributed by atoms with Crippen LogP contribution in [0.5, 0.6) is 0 Å². The summed E-state index contributed by atoms with van der Waals surface area (Å²) in [6.07, 6.45) is 3.18. The Bertz CT molecular complexity index is 1080. The van der Waals surface area contributed by atoms with Gasteiger partial charge in [0, 0.05) is 13.0 Å². The number of hydrogen-bond acceptors (Lipinski definition) is 10. The zero-order valence-electron chi connectivity index (χ0n) is 26.6. The third-order valence-electron chi connectivity index (χ3n) is 7.17. The van der Waals surface area contributed by atoms with Crippen LogP contribution in [0.2, 0.25) is 0 Å². The Hall–Kier alpha value is -4.32. The molecule has 0 aliphatic carbocycles. The predicted octanol–water partition coefficient (Wildman–Crippen LogP) is -4.15. The van der Waals surface area contributed by atoms with Crippen LogP contribution < -0.4 is 54.8 Å². The van der Waals surface area contributed by atoms with E-state index < -0.39 is 65.8 Å². The van der Waals surface area contributed by atoms with Gasteiger partial charge in [-0.05, 0) is 78.3 Å². The molecule has 46 heavy (non-hydrogen) atoms. The van der Waals surface area contributed by atoms with E-state index in [0.717, 1.165) is 6.42 Å². The van der Waals surface area contributed by atoms with Gasteiger partial charge in [-0.25, -0.2) is 0 Å². The van der Waals surface area contributed by atoms with E-state index in [9.17, 15) is 33.6 Å². The van der Waals surface area contributed by atoms with E-state index in [4.69, 9.17) is 22.9 Å². The maximum Gasteiger partial charge on any atom is 0.243 e. The van der Waals surface area contributed by atoms with Crippen molar-refractivity contribution in [1.29, 1.82) is 0 Å². The molecule has 18 heteroatoms. The van der Waals surface area contributed by atoms with Gasteiger partial charge in [-0.15, -0.1) is 0 Å². The Morgan fingerprint density at radius 3 is 1.93 bits per heavy atom. The molecule has 1 heterocycles. The first-order valence-electron chi connectivity index (χ1n) is 15.5. The zero-order valence-corrected chi connectivity index (χ0v) is 26.6. The van der Waals surface area contributed by atoms with Gasteiger partial charge < -0.3 is 59.6 Å². The highest BCUT2D eigenvalue weighted by atomic mass is 16.2. The van der Waals surface area contributed by atoms with Crippen molar-refractivity contribution in [1.82, 2.24) is 31.9 Å². The Balaban J connectivity index is 3.12. The lowest BCUT2D eigenvalue weighted by Crippen LogP contribution is -2.58. The van der Waals surface area contributed by atoms with Crippen molar-refractivity contribution in [2.45, 2.75) is 108 Å². The van der Waals surface area contributed by atoms with Gasteiger partial charge in [0.1, 0.15) is 30.5 Å². The molecule has 1 saturated heterocycles. The van der Waals surface area contributed by atoms with Gasteiger partial charge in [0.25, 0.3) is 0 Å². The quantitative estimate of drug-likeness (QED) is 0.0231. The molecule has 0 radical (unpaired) electrons. The number of rotatable bonds is 22. The fourth-order valence-electron chi connectivity index (χ4n) is 4.58. The number of primary amides is 1. The molecule has 0 aromatic carbocycles. The normalized spacial score (nSPS) is 17.2. The van der Waals surface area contributed by atoms with Gasteiger partial charge in [0.05, 0.1) is 12.1 Å². The van der Waals surface area contributed by atoms with E-state index >= 15 is 0 Å². The molecule has 6 atom stereocenters. The smallest absolute Gasteiger partial charge is 0.243 e. The number of carbonyl (C=O) groups is 7. The molecule has 0 spiro atoms. The van der Waals surface area contributed by atoms with Crippen molar-refractivity contribution < 1.29 is 33.6 Å². The van der Waals surface area contributed by atoms with Crippen LogP contribution in [-0.2, 0) is 33.6 Å². The molecule has 18 nitrogen and oxygen atoms in total. The second-order valence-corrected chi connectivity index (χ2v) is 11.2. The maximum atomic E-state index is 13.5. The van der Waals surface area contributed by atoms with Gasteiger partial charge >= 0.3 is 0 Å². The van der Waals surface area contributed by atoms with E-state index in [0.29, 0.717) is 45.1 Å². The molecule has 1 rings (SSSR count). The minimum absolute atomic E-state index is 0.114. The summed E-state index contributed by atoms with van der Waals surface area (Å²) in [6.45, 7) is 4.07. The number of unbranched alkanes of at least 4 members (excludes halogenated alkanes) is 1. The number of amides is 6. The van der Waals surface area contributed by atoms with Crippen LogP contribution in [0.3, 0.4) is 0 Å². The molecule has 0 saturated carbocycles. The number of aliphatic imine (C=N–C) groups is 1. The SMILES string of the molecule is C[C@H](NC(=O)[C@H](CCC(N)=O)NC(=O)[C@H](CCCCN)NC(=O)[C@H](CCCN=C(N)N)NC(=O)[C@@H]1CCCN1)C(=O)N[C@@H](C)C=O. The summed E-state index contributed by atoms with van der Waals surface area (Å²) in [7, 11) is 0. The fourth-order valence-corrected chi connectivity index (χ4v) is 4.58. The zero-order chi connectivity index (χ0) is 34.6. The first kappa shape index (κ1) is 39.7. The Labute approximate surface area is 268 Å². The Kier molecular flexibility index (Phi) is 18.5. The van der Waals surface area contributed by atoms with E-state index in [-0.39, 0.29) is 44.1 Å². The van der Waals surface area contributed by atoms with Crippen LogP contribution in [0.15, 0.2) is 4.99 Å². The van der Waals surface area contributed by atoms with Crippen molar-refractivity contribution in [3.05, 3.63) is 0 Å². The number of aldehydes is 1.